The summed E-state index contributed by atoms with van der Waals surface area (Å²) in [5.74, 6) is 0.919. The highest BCUT2D eigenvalue weighted by Gasteiger charge is 2.06. The summed E-state index contributed by atoms with van der Waals surface area (Å²) in [4.78, 5) is 3.30. The summed E-state index contributed by atoms with van der Waals surface area (Å²) in [5.41, 5.74) is 2.54. The van der Waals surface area contributed by atoms with Crippen molar-refractivity contribution in [2.45, 2.75) is 13.0 Å². The zero-order valence-corrected chi connectivity index (χ0v) is 13.9. The van der Waals surface area contributed by atoms with Crippen molar-refractivity contribution in [1.29, 1.82) is 0 Å². The van der Waals surface area contributed by atoms with Crippen LogP contribution in [-0.2, 0) is 13.0 Å². The highest BCUT2D eigenvalue weighted by molar-refractivity contribution is 9.13. The van der Waals surface area contributed by atoms with Crippen LogP contribution in [0.4, 0.5) is 0 Å². The number of rotatable bonds is 5. The lowest BCUT2D eigenvalue weighted by Crippen LogP contribution is -2.16. The van der Waals surface area contributed by atoms with Crippen molar-refractivity contribution >= 4 is 42.8 Å². The normalized spacial score (nSPS) is 11.3. The van der Waals surface area contributed by atoms with Crippen LogP contribution in [0.25, 0.3) is 10.9 Å². The van der Waals surface area contributed by atoms with E-state index >= 15 is 0 Å². The maximum atomic E-state index is 5.52. The Balaban J connectivity index is 1.55. The van der Waals surface area contributed by atoms with E-state index in [9.17, 15) is 0 Å². The first kappa shape index (κ1) is 13.9. The number of hydrogen-bond donors (Lipinski definition) is 2. The standard InChI is InChI=1S/C15H14Br2N2O/c16-13-7-11(20-15(13)17)9-18-6-5-10-8-19-14-4-2-1-3-12(10)14/h1-4,7-8,18-19H,5-6,9H2. The fourth-order valence-electron chi connectivity index (χ4n) is 2.25. The molecule has 0 saturated heterocycles. The third-order valence-corrected chi connectivity index (χ3v) is 4.95. The highest BCUT2D eigenvalue weighted by atomic mass is 79.9. The first-order valence-electron chi connectivity index (χ1n) is 6.43. The first-order chi connectivity index (χ1) is 9.74. The number of benzene rings is 1. The highest BCUT2D eigenvalue weighted by Crippen LogP contribution is 2.26. The van der Waals surface area contributed by atoms with Crippen LogP contribution in [0.5, 0.6) is 0 Å². The van der Waals surface area contributed by atoms with Gasteiger partial charge in [-0.25, -0.2) is 0 Å². The van der Waals surface area contributed by atoms with Gasteiger partial charge < -0.3 is 14.7 Å². The van der Waals surface area contributed by atoms with Gasteiger partial charge in [-0.05, 0) is 62.5 Å². The number of hydrogen-bond acceptors (Lipinski definition) is 2. The van der Waals surface area contributed by atoms with Crippen LogP contribution in [0.3, 0.4) is 0 Å². The number of fused-ring (bicyclic) bond motifs is 1. The maximum absolute atomic E-state index is 5.52. The Kier molecular flexibility index (Phi) is 4.29. The summed E-state index contributed by atoms with van der Waals surface area (Å²) in [5, 5.41) is 4.70. The molecule has 104 valence electrons. The van der Waals surface area contributed by atoms with E-state index in [0.717, 1.165) is 34.4 Å². The Bertz CT molecular complexity index is 698. The van der Waals surface area contributed by atoms with Gasteiger partial charge in [-0.15, -0.1) is 0 Å². The van der Waals surface area contributed by atoms with Crippen LogP contribution in [0, 0.1) is 0 Å². The molecule has 3 aromatic rings. The van der Waals surface area contributed by atoms with Gasteiger partial charge in [0.05, 0.1) is 11.0 Å². The largest absolute Gasteiger partial charge is 0.452 e. The molecule has 0 aliphatic rings. The van der Waals surface area contributed by atoms with Crippen molar-refractivity contribution in [2.24, 2.45) is 0 Å². The van der Waals surface area contributed by atoms with E-state index in [1.54, 1.807) is 0 Å². The summed E-state index contributed by atoms with van der Waals surface area (Å²) >= 11 is 6.75. The van der Waals surface area contributed by atoms with E-state index in [4.69, 9.17) is 4.42 Å². The van der Waals surface area contributed by atoms with Gasteiger partial charge >= 0.3 is 0 Å². The second-order valence-corrected chi connectivity index (χ2v) is 6.20. The minimum atomic E-state index is 0.729. The second-order valence-electron chi connectivity index (χ2n) is 4.62. The average molecular weight is 398 g/mol. The molecule has 2 aromatic heterocycles. The maximum Gasteiger partial charge on any atom is 0.183 e. The number of H-pyrrole nitrogens is 1. The van der Waals surface area contributed by atoms with Gasteiger partial charge in [0.1, 0.15) is 5.76 Å². The molecule has 0 atom stereocenters. The monoisotopic (exact) mass is 396 g/mol. The van der Waals surface area contributed by atoms with Crippen LogP contribution in [-0.4, -0.2) is 11.5 Å². The molecule has 2 heterocycles. The van der Waals surface area contributed by atoms with E-state index < -0.39 is 0 Å². The summed E-state index contributed by atoms with van der Waals surface area (Å²) in [6.45, 7) is 1.64. The Morgan fingerprint density at radius 2 is 2.05 bits per heavy atom. The summed E-state index contributed by atoms with van der Waals surface area (Å²) in [7, 11) is 0. The molecule has 0 amide bonds. The predicted molar refractivity (Wildman–Crippen MR) is 87.8 cm³/mol. The molecule has 0 aliphatic heterocycles. The molecule has 2 N–H and O–H groups in total. The number of para-hydroxylation sites is 1. The minimum Gasteiger partial charge on any atom is -0.452 e. The molecule has 20 heavy (non-hydrogen) atoms. The van der Waals surface area contributed by atoms with Crippen LogP contribution >= 0.6 is 31.9 Å². The lowest BCUT2D eigenvalue weighted by atomic mass is 10.1. The lowest BCUT2D eigenvalue weighted by Gasteiger charge is -2.02. The van der Waals surface area contributed by atoms with Gasteiger partial charge in [0.2, 0.25) is 0 Å². The van der Waals surface area contributed by atoms with Crippen molar-refractivity contribution in [1.82, 2.24) is 10.3 Å². The molecule has 0 fully saturated rings. The summed E-state index contributed by atoms with van der Waals surface area (Å²) in [6, 6.07) is 10.4. The van der Waals surface area contributed by atoms with E-state index in [2.05, 4.69) is 66.6 Å². The molecule has 0 aliphatic carbocycles. The van der Waals surface area contributed by atoms with Crippen LogP contribution in [0.15, 0.2) is 50.1 Å². The first-order valence-corrected chi connectivity index (χ1v) is 8.02. The van der Waals surface area contributed by atoms with Gasteiger partial charge in [-0.2, -0.15) is 0 Å². The quantitative estimate of drug-likeness (QED) is 0.616. The average Bonchev–Trinajstić information content (AvgIpc) is 3.00. The molecular formula is C15H14Br2N2O. The lowest BCUT2D eigenvalue weighted by molar-refractivity contribution is 0.465. The molecule has 0 spiro atoms. The second kappa shape index (κ2) is 6.16. The van der Waals surface area contributed by atoms with Crippen molar-refractivity contribution in [3.05, 3.63) is 57.0 Å². The number of furan rings is 1. The molecule has 0 saturated carbocycles. The van der Waals surface area contributed by atoms with E-state index in [-0.39, 0.29) is 0 Å². The van der Waals surface area contributed by atoms with Gasteiger partial charge in [0.15, 0.2) is 4.67 Å². The Labute approximate surface area is 134 Å². The van der Waals surface area contributed by atoms with E-state index in [1.165, 1.54) is 16.5 Å². The Hall–Kier alpha value is -1.04. The molecule has 0 radical (unpaired) electrons. The third kappa shape index (κ3) is 3.00. The molecule has 0 unspecified atom stereocenters. The number of nitrogens with one attached hydrogen (secondary N) is 2. The van der Waals surface area contributed by atoms with E-state index in [0.29, 0.717) is 0 Å². The van der Waals surface area contributed by atoms with Crippen LogP contribution < -0.4 is 5.32 Å². The SMILES string of the molecule is Brc1cc(CNCCc2c[nH]c3ccccc23)oc1Br. The van der Waals surface area contributed by atoms with Crippen LogP contribution in [0.2, 0.25) is 0 Å². The fourth-order valence-corrected chi connectivity index (χ4v) is 2.91. The van der Waals surface area contributed by atoms with Gasteiger partial charge in [-0.3, -0.25) is 0 Å². The summed E-state index contributed by atoms with van der Waals surface area (Å²) in [6.07, 6.45) is 3.08. The van der Waals surface area contributed by atoms with Gasteiger partial charge in [-0.1, -0.05) is 18.2 Å². The molecule has 5 heteroatoms. The van der Waals surface area contributed by atoms with Crippen molar-refractivity contribution in [2.75, 3.05) is 6.54 Å². The number of aromatic amines is 1. The van der Waals surface area contributed by atoms with Crippen molar-refractivity contribution < 1.29 is 4.42 Å². The third-order valence-electron chi connectivity index (χ3n) is 3.24. The Morgan fingerprint density at radius 1 is 1.20 bits per heavy atom. The van der Waals surface area contributed by atoms with Gasteiger partial charge in [0, 0.05) is 17.1 Å². The molecule has 0 bridgehead atoms. The zero-order chi connectivity index (χ0) is 13.9. The number of aromatic nitrogens is 1. The molecule has 1 aromatic carbocycles. The van der Waals surface area contributed by atoms with Crippen molar-refractivity contribution in [3.63, 3.8) is 0 Å². The van der Waals surface area contributed by atoms with Gasteiger partial charge in [0.25, 0.3) is 0 Å². The zero-order valence-electron chi connectivity index (χ0n) is 10.7. The topological polar surface area (TPSA) is 41.0 Å². The minimum absolute atomic E-state index is 0.729. The smallest absolute Gasteiger partial charge is 0.183 e. The van der Waals surface area contributed by atoms with Crippen LogP contribution in [0.1, 0.15) is 11.3 Å². The predicted octanol–water partition coefficient (Wildman–Crippen LogP) is 4.62. The molecule has 3 nitrogen and oxygen atoms in total. The Morgan fingerprint density at radius 3 is 2.85 bits per heavy atom. The van der Waals surface area contributed by atoms with E-state index in [1.807, 2.05) is 12.1 Å². The molecular weight excluding hydrogens is 384 g/mol. The number of halogens is 2. The van der Waals surface area contributed by atoms with Crippen molar-refractivity contribution in [3.8, 4) is 0 Å². The fraction of sp³-hybridized carbons (Fsp3) is 0.200. The summed E-state index contributed by atoms with van der Waals surface area (Å²) < 4.78 is 7.21. The molecule has 3 rings (SSSR count).